The Balaban J connectivity index is 1.50. The SMILES string of the molecule is CC(C)c1ccc(C[C@]2(C)Cc3cc(C(=O)N(CC(=O)O)Cc4cccc(Cl)c4)ccc3O2)cc1. The summed E-state index contributed by atoms with van der Waals surface area (Å²) in [6.45, 7) is 6.20. The third-order valence-corrected chi connectivity index (χ3v) is 6.56. The van der Waals surface area contributed by atoms with Crippen molar-refractivity contribution >= 4 is 23.5 Å². The van der Waals surface area contributed by atoms with Crippen LogP contribution in [0.1, 0.15) is 59.3 Å². The molecule has 1 aliphatic heterocycles. The molecule has 5 nitrogen and oxygen atoms in total. The van der Waals surface area contributed by atoms with Crippen molar-refractivity contribution in [2.24, 2.45) is 0 Å². The van der Waals surface area contributed by atoms with Crippen LogP contribution in [-0.4, -0.2) is 34.0 Å². The molecule has 1 heterocycles. The molecule has 0 fully saturated rings. The normalized spacial score (nSPS) is 16.6. The van der Waals surface area contributed by atoms with Crippen molar-refractivity contribution in [3.63, 3.8) is 0 Å². The molecule has 0 unspecified atom stereocenters. The molecular weight excluding hydrogens is 462 g/mol. The van der Waals surface area contributed by atoms with Gasteiger partial charge in [0.15, 0.2) is 0 Å². The Labute approximate surface area is 211 Å². The minimum Gasteiger partial charge on any atom is -0.487 e. The average molecular weight is 492 g/mol. The number of fused-ring (bicyclic) bond motifs is 1. The lowest BCUT2D eigenvalue weighted by Crippen LogP contribution is -2.35. The van der Waals surface area contributed by atoms with Gasteiger partial charge in [0.05, 0.1) is 0 Å². The second-order valence-electron chi connectivity index (χ2n) is 9.81. The Hall–Kier alpha value is -3.31. The molecule has 3 aromatic carbocycles. The molecule has 1 amide bonds. The van der Waals surface area contributed by atoms with Gasteiger partial charge in [0, 0.05) is 30.0 Å². The van der Waals surface area contributed by atoms with E-state index < -0.39 is 18.1 Å². The Morgan fingerprint density at radius 1 is 1.06 bits per heavy atom. The molecule has 0 spiro atoms. The van der Waals surface area contributed by atoms with Gasteiger partial charge in [0.1, 0.15) is 17.9 Å². The number of ether oxygens (including phenoxy) is 1. The number of nitrogens with zero attached hydrogens (tertiary/aromatic N) is 1. The molecule has 6 heteroatoms. The van der Waals surface area contributed by atoms with E-state index in [1.165, 1.54) is 16.0 Å². The zero-order valence-corrected chi connectivity index (χ0v) is 21.0. The molecule has 0 aliphatic carbocycles. The zero-order chi connectivity index (χ0) is 25.2. The Morgan fingerprint density at radius 2 is 1.80 bits per heavy atom. The average Bonchev–Trinajstić information content (AvgIpc) is 3.13. The molecule has 0 saturated carbocycles. The molecule has 1 N–H and O–H groups in total. The van der Waals surface area contributed by atoms with E-state index in [0.717, 1.165) is 23.3 Å². The van der Waals surface area contributed by atoms with Gasteiger partial charge >= 0.3 is 5.97 Å². The summed E-state index contributed by atoms with van der Waals surface area (Å²) < 4.78 is 6.31. The van der Waals surface area contributed by atoms with Crippen molar-refractivity contribution in [3.05, 3.63) is 99.6 Å². The van der Waals surface area contributed by atoms with Crippen LogP contribution in [0.15, 0.2) is 66.7 Å². The standard InChI is InChI=1S/C29H30ClNO4/c1-19(2)22-9-7-20(8-10-22)15-29(3)16-24-14-23(11-12-26(24)35-29)28(34)31(18-27(32)33)17-21-5-4-6-25(30)13-21/h4-14,19H,15-18H2,1-3H3,(H,32,33)/t29-/m1/s1. The van der Waals surface area contributed by atoms with Crippen LogP contribution in [0.25, 0.3) is 0 Å². The summed E-state index contributed by atoms with van der Waals surface area (Å²) >= 11 is 6.07. The maximum absolute atomic E-state index is 13.3. The smallest absolute Gasteiger partial charge is 0.323 e. The fourth-order valence-electron chi connectivity index (χ4n) is 4.61. The molecular formula is C29H30ClNO4. The van der Waals surface area contributed by atoms with Crippen LogP contribution in [0.5, 0.6) is 5.75 Å². The number of hydrogen-bond donors (Lipinski definition) is 1. The van der Waals surface area contributed by atoms with Gasteiger partial charge in [-0.1, -0.05) is 61.8 Å². The van der Waals surface area contributed by atoms with Crippen LogP contribution in [0.3, 0.4) is 0 Å². The van der Waals surface area contributed by atoms with E-state index in [1.807, 2.05) is 18.2 Å². The number of rotatable bonds is 8. The van der Waals surface area contributed by atoms with Crippen molar-refractivity contribution in [2.45, 2.75) is 51.7 Å². The third kappa shape index (κ3) is 6.04. The van der Waals surface area contributed by atoms with Gasteiger partial charge in [-0.15, -0.1) is 0 Å². The van der Waals surface area contributed by atoms with E-state index in [4.69, 9.17) is 16.3 Å². The molecule has 0 saturated heterocycles. The first kappa shape index (κ1) is 24.8. The van der Waals surface area contributed by atoms with Crippen LogP contribution >= 0.6 is 11.6 Å². The fraction of sp³-hybridized carbons (Fsp3) is 0.310. The second kappa shape index (κ2) is 10.1. The lowest BCUT2D eigenvalue weighted by Gasteiger charge is -2.24. The maximum Gasteiger partial charge on any atom is 0.323 e. The van der Waals surface area contributed by atoms with E-state index in [2.05, 4.69) is 45.0 Å². The monoisotopic (exact) mass is 491 g/mol. The predicted octanol–water partition coefficient (Wildman–Crippen LogP) is 6.13. The van der Waals surface area contributed by atoms with Gasteiger partial charge in [-0.3, -0.25) is 9.59 Å². The number of carboxylic acids is 1. The Bertz CT molecular complexity index is 1240. The molecule has 1 atom stereocenters. The minimum absolute atomic E-state index is 0.156. The molecule has 35 heavy (non-hydrogen) atoms. The first-order valence-electron chi connectivity index (χ1n) is 11.8. The number of benzene rings is 3. The molecule has 1 aliphatic rings. The van der Waals surface area contributed by atoms with Crippen molar-refractivity contribution in [1.82, 2.24) is 4.90 Å². The summed E-state index contributed by atoms with van der Waals surface area (Å²) in [6.07, 6.45) is 1.42. The van der Waals surface area contributed by atoms with Gasteiger partial charge < -0.3 is 14.7 Å². The van der Waals surface area contributed by atoms with E-state index in [1.54, 1.807) is 24.3 Å². The van der Waals surface area contributed by atoms with Gasteiger partial charge in [0.2, 0.25) is 0 Å². The van der Waals surface area contributed by atoms with Crippen LogP contribution < -0.4 is 4.74 Å². The summed E-state index contributed by atoms with van der Waals surface area (Å²) in [4.78, 5) is 26.1. The van der Waals surface area contributed by atoms with Gasteiger partial charge in [-0.05, 0) is 65.4 Å². The van der Waals surface area contributed by atoms with Crippen molar-refractivity contribution in [1.29, 1.82) is 0 Å². The summed E-state index contributed by atoms with van der Waals surface area (Å²) in [5.74, 6) is -0.154. The number of aliphatic carboxylic acids is 1. The number of carboxylic acid groups (broad SMARTS) is 1. The van der Waals surface area contributed by atoms with E-state index in [0.29, 0.717) is 22.9 Å². The molecule has 4 rings (SSSR count). The number of halogens is 1. The highest BCUT2D eigenvalue weighted by Gasteiger charge is 2.35. The van der Waals surface area contributed by atoms with Gasteiger partial charge in [-0.25, -0.2) is 0 Å². The van der Waals surface area contributed by atoms with Crippen molar-refractivity contribution in [2.75, 3.05) is 6.54 Å². The minimum atomic E-state index is -1.07. The number of hydrogen-bond acceptors (Lipinski definition) is 3. The predicted molar refractivity (Wildman–Crippen MR) is 137 cm³/mol. The number of carbonyl (C=O) groups excluding carboxylic acids is 1. The summed E-state index contributed by atoms with van der Waals surface area (Å²) in [5.41, 5.74) is 4.27. The topological polar surface area (TPSA) is 66.8 Å². The van der Waals surface area contributed by atoms with Crippen molar-refractivity contribution in [3.8, 4) is 5.75 Å². The van der Waals surface area contributed by atoms with Crippen LogP contribution in [0.4, 0.5) is 0 Å². The maximum atomic E-state index is 13.3. The number of amides is 1. The summed E-state index contributed by atoms with van der Waals surface area (Å²) in [6, 6.07) is 21.1. The van der Waals surface area contributed by atoms with E-state index in [9.17, 15) is 14.7 Å². The highest BCUT2D eigenvalue weighted by molar-refractivity contribution is 6.30. The fourth-order valence-corrected chi connectivity index (χ4v) is 4.82. The molecule has 0 bridgehead atoms. The second-order valence-corrected chi connectivity index (χ2v) is 10.2. The highest BCUT2D eigenvalue weighted by atomic mass is 35.5. The largest absolute Gasteiger partial charge is 0.487 e. The van der Waals surface area contributed by atoms with Crippen LogP contribution in [-0.2, 0) is 24.2 Å². The quantitative estimate of drug-likeness (QED) is 0.412. The van der Waals surface area contributed by atoms with E-state index >= 15 is 0 Å². The van der Waals surface area contributed by atoms with Crippen LogP contribution in [0.2, 0.25) is 5.02 Å². The molecule has 182 valence electrons. The number of carbonyl (C=O) groups is 2. The molecule has 0 aromatic heterocycles. The Kier molecular flexibility index (Phi) is 7.18. The zero-order valence-electron chi connectivity index (χ0n) is 20.3. The highest BCUT2D eigenvalue weighted by Crippen LogP contribution is 2.38. The molecule has 0 radical (unpaired) electrons. The van der Waals surface area contributed by atoms with E-state index in [-0.39, 0.29) is 12.5 Å². The first-order valence-corrected chi connectivity index (χ1v) is 12.2. The van der Waals surface area contributed by atoms with Crippen LogP contribution in [0, 0.1) is 0 Å². The lowest BCUT2D eigenvalue weighted by atomic mass is 9.90. The molecule has 3 aromatic rings. The summed E-state index contributed by atoms with van der Waals surface area (Å²) in [5, 5.41) is 9.92. The van der Waals surface area contributed by atoms with Gasteiger partial charge in [0.25, 0.3) is 5.91 Å². The van der Waals surface area contributed by atoms with Crippen molar-refractivity contribution < 1.29 is 19.4 Å². The third-order valence-electron chi connectivity index (χ3n) is 6.33. The Morgan fingerprint density at radius 3 is 2.46 bits per heavy atom. The first-order chi connectivity index (χ1) is 16.6. The lowest BCUT2D eigenvalue weighted by molar-refractivity contribution is -0.137. The van der Waals surface area contributed by atoms with Gasteiger partial charge in [-0.2, -0.15) is 0 Å². The summed E-state index contributed by atoms with van der Waals surface area (Å²) in [7, 11) is 0.